The molecule has 0 saturated heterocycles. The molecule has 8 nitrogen and oxygen atoms in total. The van der Waals surface area contributed by atoms with E-state index in [0.29, 0.717) is 6.42 Å². The third-order valence-corrected chi connectivity index (χ3v) is 5.24. The number of hydrogen-bond acceptors (Lipinski definition) is 5. The first-order valence-electron chi connectivity index (χ1n) is 10.7. The Labute approximate surface area is 191 Å². The summed E-state index contributed by atoms with van der Waals surface area (Å²) in [7, 11) is 0. The van der Waals surface area contributed by atoms with Crippen LogP contribution in [0.2, 0.25) is 0 Å². The SMILES string of the molecule is Cc1cc(CC(NC(=O)OCc2ccccc2)C(=O)NCc2ccccn2)cc2cn[nH]c12. The van der Waals surface area contributed by atoms with Crippen LogP contribution in [-0.4, -0.2) is 33.2 Å². The van der Waals surface area contributed by atoms with Gasteiger partial charge >= 0.3 is 6.09 Å². The van der Waals surface area contributed by atoms with Gasteiger partial charge in [-0.1, -0.05) is 42.5 Å². The second-order valence-electron chi connectivity index (χ2n) is 7.75. The molecule has 33 heavy (non-hydrogen) atoms. The number of H-pyrrole nitrogens is 1. The number of alkyl carbamates (subject to hydrolysis) is 1. The Morgan fingerprint density at radius 1 is 1.06 bits per heavy atom. The maximum atomic E-state index is 13.0. The van der Waals surface area contributed by atoms with Crippen molar-refractivity contribution in [3.05, 3.63) is 95.4 Å². The molecular formula is C25H25N5O3. The Bertz CT molecular complexity index is 1220. The number of nitrogens with one attached hydrogen (secondary N) is 3. The van der Waals surface area contributed by atoms with Gasteiger partial charge in [-0.2, -0.15) is 5.10 Å². The summed E-state index contributed by atoms with van der Waals surface area (Å²) in [6, 6.07) is 18.0. The highest BCUT2D eigenvalue weighted by atomic mass is 16.5. The summed E-state index contributed by atoms with van der Waals surface area (Å²) in [6.07, 6.45) is 3.05. The predicted octanol–water partition coefficient (Wildman–Crippen LogP) is 3.42. The van der Waals surface area contributed by atoms with Gasteiger partial charge in [0.15, 0.2) is 0 Å². The summed E-state index contributed by atoms with van der Waals surface area (Å²) in [4.78, 5) is 29.7. The van der Waals surface area contributed by atoms with Gasteiger partial charge in [-0.05, 0) is 41.8 Å². The Balaban J connectivity index is 1.46. The number of carbonyl (C=O) groups excluding carboxylic acids is 2. The third kappa shape index (κ3) is 5.94. The number of aromatic nitrogens is 3. The lowest BCUT2D eigenvalue weighted by Gasteiger charge is -2.19. The van der Waals surface area contributed by atoms with Gasteiger partial charge in [0.05, 0.1) is 24.0 Å². The number of aryl methyl sites for hydroxylation is 1. The summed E-state index contributed by atoms with van der Waals surface area (Å²) >= 11 is 0. The number of hydrogen-bond donors (Lipinski definition) is 3. The Hall–Kier alpha value is -4.20. The van der Waals surface area contributed by atoms with Crippen molar-refractivity contribution in [2.45, 2.75) is 32.5 Å². The quantitative estimate of drug-likeness (QED) is 0.387. The largest absolute Gasteiger partial charge is 0.445 e. The predicted molar refractivity (Wildman–Crippen MR) is 124 cm³/mol. The fourth-order valence-electron chi connectivity index (χ4n) is 3.59. The molecule has 3 N–H and O–H groups in total. The van der Waals surface area contributed by atoms with E-state index in [0.717, 1.165) is 33.3 Å². The molecule has 0 aliphatic rings. The average molecular weight is 444 g/mol. The molecule has 0 spiro atoms. The zero-order valence-electron chi connectivity index (χ0n) is 18.2. The molecule has 0 radical (unpaired) electrons. The van der Waals surface area contributed by atoms with Crippen LogP contribution in [0.15, 0.2) is 73.1 Å². The van der Waals surface area contributed by atoms with E-state index in [-0.39, 0.29) is 19.1 Å². The maximum Gasteiger partial charge on any atom is 0.408 e. The molecule has 4 aromatic rings. The number of amides is 2. The zero-order chi connectivity index (χ0) is 23.0. The number of benzene rings is 2. The van der Waals surface area contributed by atoms with E-state index in [2.05, 4.69) is 25.8 Å². The Morgan fingerprint density at radius 2 is 1.88 bits per heavy atom. The highest BCUT2D eigenvalue weighted by molar-refractivity contribution is 5.86. The van der Waals surface area contributed by atoms with Gasteiger partial charge in [-0.15, -0.1) is 0 Å². The van der Waals surface area contributed by atoms with Crippen LogP contribution in [0.5, 0.6) is 0 Å². The number of nitrogens with zero attached hydrogens (tertiary/aromatic N) is 2. The van der Waals surface area contributed by atoms with E-state index in [9.17, 15) is 9.59 Å². The molecule has 168 valence electrons. The number of ether oxygens (including phenoxy) is 1. The van der Waals surface area contributed by atoms with E-state index in [1.54, 1.807) is 12.4 Å². The van der Waals surface area contributed by atoms with Gasteiger partial charge in [0.1, 0.15) is 12.6 Å². The minimum absolute atomic E-state index is 0.120. The first kappa shape index (κ1) is 22.0. The van der Waals surface area contributed by atoms with E-state index >= 15 is 0 Å². The summed E-state index contributed by atoms with van der Waals surface area (Å²) in [5.41, 5.74) is 4.46. The second kappa shape index (κ2) is 10.4. The molecule has 0 aliphatic carbocycles. The zero-order valence-corrected chi connectivity index (χ0v) is 18.2. The number of fused-ring (bicyclic) bond motifs is 1. The lowest BCUT2D eigenvalue weighted by molar-refractivity contribution is -0.123. The summed E-state index contributed by atoms with van der Waals surface area (Å²) in [5.74, 6) is -0.317. The number of carbonyl (C=O) groups is 2. The second-order valence-corrected chi connectivity index (χ2v) is 7.75. The molecule has 0 bridgehead atoms. The molecule has 2 heterocycles. The molecule has 0 saturated carbocycles. The minimum atomic E-state index is -0.819. The van der Waals surface area contributed by atoms with Crippen molar-refractivity contribution in [2.75, 3.05) is 0 Å². The molecular weight excluding hydrogens is 418 g/mol. The van der Waals surface area contributed by atoms with Crippen LogP contribution in [0, 0.1) is 6.92 Å². The van der Waals surface area contributed by atoms with Gasteiger partial charge < -0.3 is 15.4 Å². The first-order valence-corrected chi connectivity index (χ1v) is 10.7. The van der Waals surface area contributed by atoms with Gasteiger partial charge in [0, 0.05) is 18.0 Å². The van der Waals surface area contributed by atoms with Crippen LogP contribution >= 0.6 is 0 Å². The number of pyridine rings is 1. The average Bonchev–Trinajstić information content (AvgIpc) is 3.31. The van der Waals surface area contributed by atoms with E-state index in [1.807, 2.05) is 67.6 Å². The van der Waals surface area contributed by atoms with Crippen molar-refractivity contribution in [3.8, 4) is 0 Å². The molecule has 1 atom stereocenters. The highest BCUT2D eigenvalue weighted by Crippen LogP contribution is 2.19. The Morgan fingerprint density at radius 3 is 2.67 bits per heavy atom. The van der Waals surface area contributed by atoms with Gasteiger partial charge in [0.2, 0.25) is 5.91 Å². The van der Waals surface area contributed by atoms with Crippen molar-refractivity contribution in [1.29, 1.82) is 0 Å². The van der Waals surface area contributed by atoms with Gasteiger partial charge in [-0.3, -0.25) is 14.9 Å². The van der Waals surface area contributed by atoms with Gasteiger partial charge in [-0.25, -0.2) is 4.79 Å². The Kier molecular flexibility index (Phi) is 6.94. The molecule has 0 aliphatic heterocycles. The van der Waals surface area contributed by atoms with E-state index in [4.69, 9.17) is 4.74 Å². The molecule has 2 aromatic carbocycles. The van der Waals surface area contributed by atoms with Crippen molar-refractivity contribution < 1.29 is 14.3 Å². The lowest BCUT2D eigenvalue weighted by atomic mass is 10.0. The maximum absolute atomic E-state index is 13.0. The number of aromatic amines is 1. The molecule has 2 amide bonds. The summed E-state index contributed by atoms with van der Waals surface area (Å²) < 4.78 is 5.33. The van der Waals surface area contributed by atoms with Crippen molar-refractivity contribution in [2.24, 2.45) is 0 Å². The monoisotopic (exact) mass is 443 g/mol. The van der Waals surface area contributed by atoms with Crippen molar-refractivity contribution in [1.82, 2.24) is 25.8 Å². The third-order valence-electron chi connectivity index (χ3n) is 5.24. The molecule has 2 aromatic heterocycles. The topological polar surface area (TPSA) is 109 Å². The molecule has 8 heteroatoms. The fourth-order valence-corrected chi connectivity index (χ4v) is 3.59. The van der Waals surface area contributed by atoms with Crippen molar-refractivity contribution in [3.63, 3.8) is 0 Å². The smallest absolute Gasteiger partial charge is 0.408 e. The molecule has 1 unspecified atom stereocenters. The van der Waals surface area contributed by atoms with Gasteiger partial charge in [0.25, 0.3) is 0 Å². The lowest BCUT2D eigenvalue weighted by Crippen LogP contribution is -2.48. The van der Waals surface area contributed by atoms with Crippen LogP contribution in [0.4, 0.5) is 4.79 Å². The van der Waals surface area contributed by atoms with Crippen LogP contribution in [0.1, 0.15) is 22.4 Å². The van der Waals surface area contributed by atoms with Crippen LogP contribution in [-0.2, 0) is 29.1 Å². The van der Waals surface area contributed by atoms with Crippen molar-refractivity contribution >= 4 is 22.9 Å². The first-order chi connectivity index (χ1) is 16.1. The minimum Gasteiger partial charge on any atom is -0.445 e. The van der Waals surface area contributed by atoms with Crippen LogP contribution in [0.3, 0.4) is 0 Å². The summed E-state index contributed by atoms with van der Waals surface area (Å²) in [5, 5.41) is 13.6. The molecule has 0 fully saturated rings. The van der Waals surface area contributed by atoms with E-state index in [1.165, 1.54) is 0 Å². The van der Waals surface area contributed by atoms with E-state index < -0.39 is 12.1 Å². The standard InChI is InChI=1S/C25H25N5O3/c1-17-11-19(12-20-14-28-30-23(17)20)13-22(24(31)27-15-21-9-5-6-10-26-21)29-25(32)33-16-18-7-3-2-4-8-18/h2-12,14,22H,13,15-16H2,1H3,(H,27,31)(H,28,30)(H,29,32). The molecule has 4 rings (SSSR count). The summed E-state index contributed by atoms with van der Waals surface area (Å²) in [6.45, 7) is 2.35. The van der Waals surface area contributed by atoms with Crippen LogP contribution in [0.25, 0.3) is 10.9 Å². The normalized spacial score (nSPS) is 11.7. The fraction of sp³-hybridized carbons (Fsp3) is 0.200. The van der Waals surface area contributed by atoms with Crippen LogP contribution < -0.4 is 10.6 Å². The number of rotatable bonds is 8. The highest BCUT2D eigenvalue weighted by Gasteiger charge is 2.22.